The average molecular weight is 318 g/mol. The molecule has 21 heavy (non-hydrogen) atoms. The van der Waals surface area contributed by atoms with Crippen molar-refractivity contribution in [3.8, 4) is 0 Å². The van der Waals surface area contributed by atoms with Crippen molar-refractivity contribution < 1.29 is 4.79 Å². The first-order valence-corrected chi connectivity index (χ1v) is 8.46. The molecule has 0 bridgehead atoms. The molecule has 0 saturated carbocycles. The predicted molar refractivity (Wildman–Crippen MR) is 90.0 cm³/mol. The van der Waals surface area contributed by atoms with Crippen LogP contribution in [0.4, 0.5) is 0 Å². The molecule has 2 fully saturated rings. The first kappa shape index (κ1) is 18.7. The highest BCUT2D eigenvalue weighted by atomic mass is 35.5. The van der Waals surface area contributed by atoms with E-state index in [4.69, 9.17) is 0 Å². The van der Waals surface area contributed by atoms with E-state index >= 15 is 0 Å². The maximum Gasteiger partial charge on any atom is 0.239 e. The standard InChI is InChI=1S/C16H31N3O.ClH/c1-3-17-13-15-7-11-18(12-8-15)14(2)16(20)19-9-5-4-6-10-19;/h14-15,17H,3-13H2,1-2H3;1H. The minimum Gasteiger partial charge on any atom is -0.341 e. The molecule has 0 aliphatic carbocycles. The molecule has 2 aliphatic rings. The summed E-state index contributed by atoms with van der Waals surface area (Å²) in [5.41, 5.74) is 0. The van der Waals surface area contributed by atoms with E-state index in [-0.39, 0.29) is 18.4 Å². The van der Waals surface area contributed by atoms with Crippen molar-refractivity contribution in [2.24, 2.45) is 5.92 Å². The lowest BCUT2D eigenvalue weighted by Gasteiger charge is -2.38. The molecular weight excluding hydrogens is 286 g/mol. The number of hydrogen-bond acceptors (Lipinski definition) is 3. The fourth-order valence-electron chi connectivity index (χ4n) is 3.43. The van der Waals surface area contributed by atoms with Gasteiger partial charge in [0.1, 0.15) is 0 Å². The van der Waals surface area contributed by atoms with Crippen LogP contribution in [0.25, 0.3) is 0 Å². The molecule has 2 rings (SSSR count). The summed E-state index contributed by atoms with van der Waals surface area (Å²) < 4.78 is 0. The summed E-state index contributed by atoms with van der Waals surface area (Å²) in [5, 5.41) is 3.44. The van der Waals surface area contributed by atoms with Gasteiger partial charge < -0.3 is 10.2 Å². The number of likely N-dealkylation sites (tertiary alicyclic amines) is 2. The van der Waals surface area contributed by atoms with Crippen molar-refractivity contribution in [2.45, 2.75) is 52.0 Å². The van der Waals surface area contributed by atoms with Gasteiger partial charge in [-0.2, -0.15) is 0 Å². The minimum atomic E-state index is 0. The van der Waals surface area contributed by atoms with Crippen LogP contribution in [0.5, 0.6) is 0 Å². The number of nitrogens with zero attached hydrogens (tertiary/aromatic N) is 2. The van der Waals surface area contributed by atoms with Gasteiger partial charge in [-0.05, 0) is 71.1 Å². The highest BCUT2D eigenvalue weighted by Crippen LogP contribution is 2.20. The summed E-state index contributed by atoms with van der Waals surface area (Å²) in [6.45, 7) is 10.6. The maximum absolute atomic E-state index is 12.5. The van der Waals surface area contributed by atoms with E-state index in [1.807, 2.05) is 0 Å². The van der Waals surface area contributed by atoms with Gasteiger partial charge in [0.25, 0.3) is 0 Å². The normalized spacial score (nSPS) is 22.7. The first-order chi connectivity index (χ1) is 9.72. The Hall–Kier alpha value is -0.320. The molecule has 1 atom stereocenters. The summed E-state index contributed by atoms with van der Waals surface area (Å²) in [7, 11) is 0. The van der Waals surface area contributed by atoms with Crippen LogP contribution in [-0.4, -0.2) is 61.0 Å². The molecule has 1 amide bonds. The fourth-order valence-corrected chi connectivity index (χ4v) is 3.43. The zero-order valence-electron chi connectivity index (χ0n) is 13.6. The Morgan fingerprint density at radius 2 is 1.76 bits per heavy atom. The van der Waals surface area contributed by atoms with Gasteiger partial charge in [0.15, 0.2) is 0 Å². The van der Waals surface area contributed by atoms with Crippen molar-refractivity contribution in [1.82, 2.24) is 15.1 Å². The number of amides is 1. The van der Waals surface area contributed by atoms with Crippen molar-refractivity contribution in [3.05, 3.63) is 0 Å². The Labute approximate surface area is 136 Å². The van der Waals surface area contributed by atoms with Crippen LogP contribution in [-0.2, 0) is 4.79 Å². The smallest absolute Gasteiger partial charge is 0.239 e. The molecule has 4 nitrogen and oxygen atoms in total. The Morgan fingerprint density at radius 1 is 1.14 bits per heavy atom. The Morgan fingerprint density at radius 3 is 2.33 bits per heavy atom. The molecule has 0 radical (unpaired) electrons. The van der Waals surface area contributed by atoms with Crippen LogP contribution in [0.15, 0.2) is 0 Å². The van der Waals surface area contributed by atoms with E-state index < -0.39 is 0 Å². The number of nitrogens with one attached hydrogen (secondary N) is 1. The molecule has 1 unspecified atom stereocenters. The zero-order valence-corrected chi connectivity index (χ0v) is 14.5. The highest BCUT2D eigenvalue weighted by molar-refractivity contribution is 5.85. The monoisotopic (exact) mass is 317 g/mol. The van der Waals surface area contributed by atoms with Crippen LogP contribution >= 0.6 is 12.4 Å². The van der Waals surface area contributed by atoms with E-state index in [0.717, 1.165) is 45.2 Å². The molecule has 0 aromatic heterocycles. The van der Waals surface area contributed by atoms with Crippen LogP contribution in [0.3, 0.4) is 0 Å². The number of piperidine rings is 2. The number of hydrogen-bond donors (Lipinski definition) is 1. The molecule has 2 saturated heterocycles. The van der Waals surface area contributed by atoms with E-state index in [2.05, 4.69) is 29.0 Å². The second-order valence-electron chi connectivity index (χ2n) is 6.35. The molecule has 124 valence electrons. The lowest BCUT2D eigenvalue weighted by atomic mass is 9.95. The third-order valence-electron chi connectivity index (χ3n) is 4.90. The Bertz CT molecular complexity index is 300. The van der Waals surface area contributed by atoms with Crippen molar-refractivity contribution in [1.29, 1.82) is 0 Å². The number of carbonyl (C=O) groups is 1. The van der Waals surface area contributed by atoms with Crippen LogP contribution < -0.4 is 5.32 Å². The lowest BCUT2D eigenvalue weighted by Crippen LogP contribution is -2.51. The molecule has 2 heterocycles. The van der Waals surface area contributed by atoms with Gasteiger partial charge in [0, 0.05) is 13.1 Å². The molecule has 0 aromatic carbocycles. The Balaban J connectivity index is 0.00000220. The van der Waals surface area contributed by atoms with Gasteiger partial charge in [0.2, 0.25) is 5.91 Å². The first-order valence-electron chi connectivity index (χ1n) is 8.46. The number of rotatable bonds is 5. The molecule has 1 N–H and O–H groups in total. The fraction of sp³-hybridized carbons (Fsp3) is 0.938. The topological polar surface area (TPSA) is 35.6 Å². The summed E-state index contributed by atoms with van der Waals surface area (Å²) in [6.07, 6.45) is 6.11. The van der Waals surface area contributed by atoms with E-state index in [1.54, 1.807) is 0 Å². The minimum absolute atomic E-state index is 0. The third-order valence-corrected chi connectivity index (χ3v) is 4.90. The van der Waals surface area contributed by atoms with Crippen molar-refractivity contribution >= 4 is 18.3 Å². The quantitative estimate of drug-likeness (QED) is 0.844. The molecule has 0 aromatic rings. The number of carbonyl (C=O) groups excluding carboxylic acids is 1. The molecule has 5 heteroatoms. The van der Waals surface area contributed by atoms with E-state index in [1.165, 1.54) is 32.1 Å². The van der Waals surface area contributed by atoms with Crippen molar-refractivity contribution in [2.75, 3.05) is 39.3 Å². The van der Waals surface area contributed by atoms with Gasteiger partial charge in [-0.25, -0.2) is 0 Å². The van der Waals surface area contributed by atoms with Gasteiger partial charge in [0.05, 0.1) is 6.04 Å². The highest BCUT2D eigenvalue weighted by Gasteiger charge is 2.29. The molecule has 2 aliphatic heterocycles. The van der Waals surface area contributed by atoms with Gasteiger partial charge in [-0.3, -0.25) is 9.69 Å². The average Bonchev–Trinajstić information content (AvgIpc) is 2.53. The van der Waals surface area contributed by atoms with Crippen LogP contribution in [0, 0.1) is 5.92 Å². The lowest BCUT2D eigenvalue weighted by molar-refractivity contribution is -0.137. The van der Waals surface area contributed by atoms with Gasteiger partial charge in [-0.1, -0.05) is 6.92 Å². The molecule has 0 spiro atoms. The molecular formula is C16H32ClN3O. The number of halogens is 1. The summed E-state index contributed by atoms with van der Waals surface area (Å²) in [5.74, 6) is 1.15. The second kappa shape index (κ2) is 9.65. The largest absolute Gasteiger partial charge is 0.341 e. The SMILES string of the molecule is CCNCC1CCN(C(C)C(=O)N2CCCCC2)CC1.Cl. The van der Waals surface area contributed by atoms with Gasteiger partial charge in [-0.15, -0.1) is 12.4 Å². The Kier molecular flexibility index (Phi) is 8.60. The third kappa shape index (κ3) is 5.42. The van der Waals surface area contributed by atoms with Crippen molar-refractivity contribution in [3.63, 3.8) is 0 Å². The summed E-state index contributed by atoms with van der Waals surface area (Å²) in [4.78, 5) is 17.0. The predicted octanol–water partition coefficient (Wildman–Crippen LogP) is 2.13. The van der Waals surface area contributed by atoms with E-state index in [9.17, 15) is 4.79 Å². The maximum atomic E-state index is 12.5. The van der Waals surface area contributed by atoms with Gasteiger partial charge >= 0.3 is 0 Å². The second-order valence-corrected chi connectivity index (χ2v) is 6.35. The summed E-state index contributed by atoms with van der Waals surface area (Å²) >= 11 is 0. The summed E-state index contributed by atoms with van der Waals surface area (Å²) in [6, 6.07) is 0.0770. The zero-order chi connectivity index (χ0) is 14.4. The van der Waals surface area contributed by atoms with E-state index in [0.29, 0.717) is 5.91 Å². The van der Waals surface area contributed by atoms with Crippen LogP contribution in [0.1, 0.15) is 46.0 Å². The van der Waals surface area contributed by atoms with Crippen LogP contribution in [0.2, 0.25) is 0 Å².